The lowest BCUT2D eigenvalue weighted by Gasteiger charge is -2.62. The van der Waals surface area contributed by atoms with Crippen molar-refractivity contribution in [1.82, 2.24) is 0 Å². The van der Waals surface area contributed by atoms with Crippen LogP contribution in [0.1, 0.15) is 53.4 Å². The Hall–Kier alpha value is -1.41. The highest BCUT2D eigenvalue weighted by Gasteiger charge is 2.79. The summed E-state index contributed by atoms with van der Waals surface area (Å²) in [6.07, 6.45) is 4.00. The van der Waals surface area contributed by atoms with E-state index in [9.17, 15) is 19.8 Å². The van der Waals surface area contributed by atoms with Crippen molar-refractivity contribution in [3.63, 3.8) is 0 Å². The second-order valence-electron chi connectivity index (χ2n) is 10.9. The molecular formula is C24H31FO6. The molecule has 1 heterocycles. The van der Waals surface area contributed by atoms with Crippen molar-refractivity contribution >= 4 is 11.6 Å². The van der Waals surface area contributed by atoms with Gasteiger partial charge in [0.1, 0.15) is 6.61 Å². The van der Waals surface area contributed by atoms with Crippen LogP contribution in [-0.2, 0) is 19.1 Å². The summed E-state index contributed by atoms with van der Waals surface area (Å²) in [5.74, 6) is -2.46. The normalized spacial score (nSPS) is 52.1. The zero-order chi connectivity index (χ0) is 22.6. The van der Waals surface area contributed by atoms with Crippen molar-refractivity contribution in [3.8, 4) is 0 Å². The number of allylic oxidation sites excluding steroid dienone is 4. The van der Waals surface area contributed by atoms with Gasteiger partial charge in [0.05, 0.1) is 12.2 Å². The van der Waals surface area contributed by atoms with Crippen molar-refractivity contribution in [1.29, 1.82) is 0 Å². The topological polar surface area (TPSA) is 93.1 Å². The van der Waals surface area contributed by atoms with Crippen molar-refractivity contribution in [2.75, 3.05) is 6.61 Å². The molecule has 1 saturated heterocycles. The molecule has 8 atom stereocenters. The lowest BCUT2D eigenvalue weighted by Crippen LogP contribution is -2.70. The van der Waals surface area contributed by atoms with Gasteiger partial charge in [0.25, 0.3) is 0 Å². The van der Waals surface area contributed by atoms with Crippen LogP contribution < -0.4 is 0 Å². The standard InChI is InChI=1S/C24H31FO6/c1-20(2)30-19-10-16-15-6-5-13-9-14(27)7-8-21(13,3)23(15,25)17(28)11-22(16,4)24(19,31-20)18(29)12-26/h7-9,15-17,19,26,28H,5-6,10-12H2,1-4H3/t15-,16?,17-,19+,21-,22-,23-,24?/m0/s1. The highest BCUT2D eigenvalue weighted by molar-refractivity contribution is 6.01. The summed E-state index contributed by atoms with van der Waals surface area (Å²) in [5, 5.41) is 21.2. The number of ketones is 2. The van der Waals surface area contributed by atoms with Crippen molar-refractivity contribution in [2.45, 2.75) is 82.6 Å². The van der Waals surface area contributed by atoms with Gasteiger partial charge in [0.15, 0.2) is 28.6 Å². The predicted octanol–water partition coefficient (Wildman–Crippen LogP) is 2.42. The molecule has 31 heavy (non-hydrogen) atoms. The number of aliphatic hydroxyl groups excluding tert-OH is 2. The number of alkyl halides is 1. The van der Waals surface area contributed by atoms with E-state index in [0.29, 0.717) is 19.3 Å². The molecule has 7 heteroatoms. The number of carbonyl (C=O) groups is 2. The second kappa shape index (κ2) is 6.13. The van der Waals surface area contributed by atoms with Crippen LogP contribution in [-0.4, -0.2) is 57.7 Å². The first-order valence-corrected chi connectivity index (χ1v) is 11.2. The Bertz CT molecular complexity index is 925. The summed E-state index contributed by atoms with van der Waals surface area (Å²) in [7, 11) is 0. The molecule has 0 aromatic heterocycles. The molecule has 4 aliphatic carbocycles. The van der Waals surface area contributed by atoms with Crippen LogP contribution in [0.25, 0.3) is 0 Å². The lowest BCUT2D eigenvalue weighted by atomic mass is 9.44. The maximum Gasteiger partial charge on any atom is 0.193 e. The molecule has 170 valence electrons. The molecule has 4 fully saturated rings. The summed E-state index contributed by atoms with van der Waals surface area (Å²) in [4.78, 5) is 25.1. The Kier molecular flexibility index (Phi) is 4.24. The number of rotatable bonds is 2. The highest BCUT2D eigenvalue weighted by Crippen LogP contribution is 2.72. The first kappa shape index (κ1) is 21.4. The minimum atomic E-state index is -1.98. The molecule has 0 aromatic rings. The molecule has 0 radical (unpaired) electrons. The van der Waals surface area contributed by atoms with E-state index in [1.165, 1.54) is 12.2 Å². The fourth-order valence-electron chi connectivity index (χ4n) is 7.93. The van der Waals surface area contributed by atoms with Gasteiger partial charge in [0, 0.05) is 16.7 Å². The van der Waals surface area contributed by atoms with E-state index in [0.717, 1.165) is 5.57 Å². The third-order valence-corrected chi connectivity index (χ3v) is 9.19. The minimum Gasteiger partial charge on any atom is -0.390 e. The molecule has 5 rings (SSSR count). The Morgan fingerprint density at radius 2 is 1.97 bits per heavy atom. The van der Waals surface area contributed by atoms with E-state index in [1.54, 1.807) is 26.8 Å². The Labute approximate surface area is 181 Å². The van der Waals surface area contributed by atoms with Gasteiger partial charge in [0.2, 0.25) is 0 Å². The number of hydrogen-bond donors (Lipinski definition) is 2. The second-order valence-corrected chi connectivity index (χ2v) is 10.9. The van der Waals surface area contributed by atoms with Gasteiger partial charge in [-0.15, -0.1) is 0 Å². The van der Waals surface area contributed by atoms with E-state index in [-0.39, 0.29) is 18.1 Å². The fourth-order valence-corrected chi connectivity index (χ4v) is 7.93. The monoisotopic (exact) mass is 434 g/mol. The summed E-state index contributed by atoms with van der Waals surface area (Å²) in [6, 6.07) is 0. The smallest absolute Gasteiger partial charge is 0.193 e. The average molecular weight is 435 g/mol. The van der Waals surface area contributed by atoms with Crippen LogP contribution in [0.4, 0.5) is 4.39 Å². The predicted molar refractivity (Wildman–Crippen MR) is 109 cm³/mol. The number of carbonyl (C=O) groups excluding carboxylic acids is 2. The number of ether oxygens (including phenoxy) is 2. The van der Waals surface area contributed by atoms with Gasteiger partial charge in [-0.2, -0.15) is 0 Å². The van der Waals surface area contributed by atoms with Crippen LogP contribution in [0, 0.1) is 22.7 Å². The van der Waals surface area contributed by atoms with E-state index >= 15 is 4.39 Å². The average Bonchev–Trinajstić information content (AvgIpc) is 3.09. The van der Waals surface area contributed by atoms with E-state index in [4.69, 9.17) is 9.47 Å². The fraction of sp³-hybridized carbons (Fsp3) is 0.750. The van der Waals surface area contributed by atoms with Gasteiger partial charge < -0.3 is 19.7 Å². The number of Topliss-reactive ketones (excluding diaryl/α,β-unsaturated/α-hetero) is 1. The molecule has 1 aliphatic heterocycles. The summed E-state index contributed by atoms with van der Waals surface area (Å²) in [5.41, 5.74) is -4.66. The zero-order valence-electron chi connectivity index (χ0n) is 18.5. The molecule has 0 aromatic carbocycles. The van der Waals surface area contributed by atoms with Gasteiger partial charge in [-0.25, -0.2) is 4.39 Å². The maximum absolute atomic E-state index is 17.1. The number of aliphatic hydroxyl groups is 2. The zero-order valence-corrected chi connectivity index (χ0v) is 18.5. The molecule has 0 bridgehead atoms. The van der Waals surface area contributed by atoms with Gasteiger partial charge in [-0.05, 0) is 64.5 Å². The molecule has 2 N–H and O–H groups in total. The number of halogens is 1. The van der Waals surface area contributed by atoms with Crippen molar-refractivity contribution < 1.29 is 33.7 Å². The van der Waals surface area contributed by atoms with Crippen LogP contribution in [0.3, 0.4) is 0 Å². The van der Waals surface area contributed by atoms with Crippen molar-refractivity contribution in [2.24, 2.45) is 22.7 Å². The van der Waals surface area contributed by atoms with E-state index in [2.05, 4.69) is 0 Å². The van der Waals surface area contributed by atoms with Crippen LogP contribution in [0.15, 0.2) is 23.8 Å². The van der Waals surface area contributed by atoms with Crippen LogP contribution in [0.2, 0.25) is 0 Å². The maximum atomic E-state index is 17.1. The molecule has 5 aliphatic rings. The molecular weight excluding hydrogens is 403 g/mol. The van der Waals surface area contributed by atoms with Gasteiger partial charge >= 0.3 is 0 Å². The Morgan fingerprint density at radius 1 is 1.26 bits per heavy atom. The van der Waals surface area contributed by atoms with Crippen LogP contribution >= 0.6 is 0 Å². The summed E-state index contributed by atoms with van der Waals surface area (Å²) in [6.45, 7) is 6.41. The molecule has 3 saturated carbocycles. The molecule has 2 unspecified atom stereocenters. The van der Waals surface area contributed by atoms with Crippen molar-refractivity contribution in [3.05, 3.63) is 23.8 Å². The van der Waals surface area contributed by atoms with Crippen LogP contribution in [0.5, 0.6) is 0 Å². The quantitative estimate of drug-likeness (QED) is 0.694. The minimum absolute atomic E-state index is 0.0109. The molecule has 6 nitrogen and oxygen atoms in total. The van der Waals surface area contributed by atoms with Gasteiger partial charge in [-0.3, -0.25) is 9.59 Å². The summed E-state index contributed by atoms with van der Waals surface area (Å²) < 4.78 is 29.5. The van der Waals surface area contributed by atoms with E-state index in [1.807, 2.05) is 6.92 Å². The SMILES string of the molecule is CC1(C)O[C@@H]2CC3[C@@H]4CCC5=CC(=O)C=C[C@]5(C)[C@@]4(F)[C@@H](O)C[C@]3(C)C2(C(=O)CO)O1. The number of hydrogen-bond acceptors (Lipinski definition) is 6. The Morgan fingerprint density at radius 3 is 2.65 bits per heavy atom. The number of fused-ring (bicyclic) bond motifs is 7. The largest absolute Gasteiger partial charge is 0.390 e. The van der Waals surface area contributed by atoms with E-state index < -0.39 is 58.4 Å². The molecule has 0 spiro atoms. The highest BCUT2D eigenvalue weighted by atomic mass is 19.1. The molecule has 0 amide bonds. The van der Waals surface area contributed by atoms with Gasteiger partial charge in [-0.1, -0.05) is 18.6 Å². The first-order valence-electron chi connectivity index (χ1n) is 11.2. The Balaban J connectivity index is 1.64. The summed E-state index contributed by atoms with van der Waals surface area (Å²) >= 11 is 0. The lowest BCUT2D eigenvalue weighted by molar-refractivity contribution is -0.246. The first-order chi connectivity index (χ1) is 14.4. The third-order valence-electron chi connectivity index (χ3n) is 9.19. The third kappa shape index (κ3) is 2.31.